The summed E-state index contributed by atoms with van der Waals surface area (Å²) in [5, 5.41) is 9.20. The number of hydrogen-bond acceptors (Lipinski definition) is 2. The quantitative estimate of drug-likeness (QED) is 0.847. The summed E-state index contributed by atoms with van der Waals surface area (Å²) < 4.78 is 0. The fraction of sp³-hybridized carbons (Fsp3) is 0.600. The first kappa shape index (κ1) is 12.4. The molecule has 1 aliphatic rings. The molecule has 0 aromatic heterocycles. The van der Waals surface area contributed by atoms with Gasteiger partial charge in [0.15, 0.2) is 0 Å². The van der Waals surface area contributed by atoms with Gasteiger partial charge in [-0.1, -0.05) is 18.9 Å². The maximum Gasteiger partial charge on any atom is 0.0684 e. The van der Waals surface area contributed by atoms with Crippen molar-refractivity contribution in [3.05, 3.63) is 29.3 Å². The van der Waals surface area contributed by atoms with Crippen LogP contribution >= 0.6 is 0 Å². The van der Waals surface area contributed by atoms with Crippen LogP contribution in [0.5, 0.6) is 0 Å². The largest absolute Gasteiger partial charge is 0.392 e. The Morgan fingerprint density at radius 1 is 1.29 bits per heavy atom. The normalized spacial score (nSPS) is 21.4. The Morgan fingerprint density at radius 3 is 2.82 bits per heavy atom. The van der Waals surface area contributed by atoms with Crippen molar-refractivity contribution in [2.24, 2.45) is 0 Å². The molecule has 1 fully saturated rings. The molecule has 1 atom stereocenters. The maximum absolute atomic E-state index is 9.20. The molecule has 17 heavy (non-hydrogen) atoms. The summed E-state index contributed by atoms with van der Waals surface area (Å²) in [7, 11) is 0. The highest BCUT2D eigenvalue weighted by Gasteiger charge is 2.17. The Kier molecular flexibility index (Phi) is 4.06. The lowest BCUT2D eigenvalue weighted by Gasteiger charge is -2.30. The monoisotopic (exact) mass is 233 g/mol. The van der Waals surface area contributed by atoms with Crippen LogP contribution in [0.2, 0.25) is 0 Å². The fourth-order valence-corrected chi connectivity index (χ4v) is 2.69. The summed E-state index contributed by atoms with van der Waals surface area (Å²) in [6, 6.07) is 7.06. The SMILES string of the molecule is Cc1cc(N2CCCCCC2C)ccc1CO. The standard InChI is InChI=1S/C15H23NO/c1-12-10-15(8-7-14(12)11-17)16-9-5-3-4-6-13(16)2/h7-8,10,13,17H,3-6,9,11H2,1-2H3. The van der Waals surface area contributed by atoms with E-state index in [4.69, 9.17) is 0 Å². The molecule has 0 spiro atoms. The Morgan fingerprint density at radius 2 is 2.12 bits per heavy atom. The number of aliphatic hydroxyl groups excluding tert-OH is 1. The molecular weight excluding hydrogens is 210 g/mol. The Hall–Kier alpha value is -1.02. The Labute approximate surface area is 104 Å². The fourth-order valence-electron chi connectivity index (χ4n) is 2.69. The predicted octanol–water partition coefficient (Wildman–Crippen LogP) is 3.26. The average Bonchev–Trinajstić information content (AvgIpc) is 2.54. The van der Waals surface area contributed by atoms with Crippen molar-refractivity contribution in [1.82, 2.24) is 0 Å². The molecule has 1 saturated heterocycles. The Bertz CT molecular complexity index is 375. The van der Waals surface area contributed by atoms with Gasteiger partial charge in [0.25, 0.3) is 0 Å². The van der Waals surface area contributed by atoms with Gasteiger partial charge < -0.3 is 10.0 Å². The molecule has 1 aromatic rings. The minimum Gasteiger partial charge on any atom is -0.392 e. The molecule has 0 amide bonds. The van der Waals surface area contributed by atoms with E-state index >= 15 is 0 Å². The summed E-state index contributed by atoms with van der Waals surface area (Å²) in [5.41, 5.74) is 3.55. The molecule has 1 N–H and O–H groups in total. The van der Waals surface area contributed by atoms with Gasteiger partial charge in [0.05, 0.1) is 6.61 Å². The smallest absolute Gasteiger partial charge is 0.0684 e. The van der Waals surface area contributed by atoms with E-state index in [1.54, 1.807) is 0 Å². The molecule has 2 nitrogen and oxygen atoms in total. The van der Waals surface area contributed by atoms with Crippen molar-refractivity contribution in [1.29, 1.82) is 0 Å². The van der Waals surface area contributed by atoms with Gasteiger partial charge in [-0.2, -0.15) is 0 Å². The summed E-state index contributed by atoms with van der Waals surface area (Å²) >= 11 is 0. The predicted molar refractivity (Wildman–Crippen MR) is 72.4 cm³/mol. The first-order valence-electron chi connectivity index (χ1n) is 6.69. The first-order chi connectivity index (χ1) is 8.22. The van der Waals surface area contributed by atoms with E-state index in [1.807, 2.05) is 0 Å². The van der Waals surface area contributed by atoms with Gasteiger partial charge in [-0.05, 0) is 49.9 Å². The second kappa shape index (κ2) is 5.54. The van der Waals surface area contributed by atoms with Crippen LogP contribution in [0.1, 0.15) is 43.7 Å². The number of aryl methyl sites for hydroxylation is 1. The van der Waals surface area contributed by atoms with Gasteiger partial charge in [-0.25, -0.2) is 0 Å². The molecular formula is C15H23NO. The van der Waals surface area contributed by atoms with E-state index < -0.39 is 0 Å². The highest BCUT2D eigenvalue weighted by Crippen LogP contribution is 2.26. The van der Waals surface area contributed by atoms with Gasteiger partial charge in [0.1, 0.15) is 0 Å². The molecule has 2 rings (SSSR count). The third-order valence-electron chi connectivity index (χ3n) is 3.88. The van der Waals surface area contributed by atoms with Crippen LogP contribution in [-0.2, 0) is 6.61 Å². The highest BCUT2D eigenvalue weighted by atomic mass is 16.3. The lowest BCUT2D eigenvalue weighted by molar-refractivity contribution is 0.281. The zero-order valence-electron chi connectivity index (χ0n) is 10.9. The van der Waals surface area contributed by atoms with Crippen molar-refractivity contribution >= 4 is 5.69 Å². The number of anilines is 1. The minimum absolute atomic E-state index is 0.141. The van der Waals surface area contributed by atoms with E-state index in [0.29, 0.717) is 6.04 Å². The van der Waals surface area contributed by atoms with Crippen molar-refractivity contribution in [3.63, 3.8) is 0 Å². The highest BCUT2D eigenvalue weighted by molar-refractivity contribution is 5.51. The van der Waals surface area contributed by atoms with Crippen LogP contribution in [0.25, 0.3) is 0 Å². The number of hydrogen-bond donors (Lipinski definition) is 1. The van der Waals surface area contributed by atoms with E-state index in [1.165, 1.54) is 43.5 Å². The molecule has 1 aliphatic heterocycles. The second-order valence-corrected chi connectivity index (χ2v) is 5.16. The van der Waals surface area contributed by atoms with Gasteiger partial charge in [0.2, 0.25) is 0 Å². The average molecular weight is 233 g/mol. The molecule has 94 valence electrons. The topological polar surface area (TPSA) is 23.5 Å². The van der Waals surface area contributed by atoms with E-state index in [9.17, 15) is 5.11 Å². The maximum atomic E-state index is 9.20. The van der Waals surface area contributed by atoms with Crippen LogP contribution in [-0.4, -0.2) is 17.7 Å². The number of nitrogens with zero attached hydrogens (tertiary/aromatic N) is 1. The molecule has 1 unspecified atom stereocenters. The lowest BCUT2D eigenvalue weighted by Crippen LogP contribution is -2.32. The summed E-state index contributed by atoms with van der Waals surface area (Å²) in [6.07, 6.45) is 5.30. The molecule has 2 heteroatoms. The van der Waals surface area contributed by atoms with E-state index in [-0.39, 0.29) is 6.61 Å². The lowest BCUT2D eigenvalue weighted by atomic mass is 10.1. The van der Waals surface area contributed by atoms with Crippen molar-refractivity contribution in [2.45, 2.75) is 52.2 Å². The van der Waals surface area contributed by atoms with E-state index in [2.05, 4.69) is 36.9 Å². The second-order valence-electron chi connectivity index (χ2n) is 5.16. The van der Waals surface area contributed by atoms with Gasteiger partial charge in [0, 0.05) is 18.3 Å². The summed E-state index contributed by atoms with van der Waals surface area (Å²) in [5.74, 6) is 0. The van der Waals surface area contributed by atoms with Crippen LogP contribution in [0, 0.1) is 6.92 Å². The molecule has 0 bridgehead atoms. The van der Waals surface area contributed by atoms with Crippen LogP contribution < -0.4 is 4.90 Å². The molecule has 1 heterocycles. The minimum atomic E-state index is 0.141. The van der Waals surface area contributed by atoms with Gasteiger partial charge in [-0.15, -0.1) is 0 Å². The summed E-state index contributed by atoms with van der Waals surface area (Å²) in [4.78, 5) is 2.52. The van der Waals surface area contributed by atoms with Gasteiger partial charge >= 0.3 is 0 Å². The first-order valence-corrected chi connectivity index (χ1v) is 6.69. The number of rotatable bonds is 2. The van der Waals surface area contributed by atoms with Crippen LogP contribution in [0.4, 0.5) is 5.69 Å². The zero-order chi connectivity index (χ0) is 12.3. The van der Waals surface area contributed by atoms with Crippen molar-refractivity contribution in [3.8, 4) is 0 Å². The summed E-state index contributed by atoms with van der Waals surface area (Å²) in [6.45, 7) is 5.71. The third kappa shape index (κ3) is 2.81. The molecule has 1 aromatic carbocycles. The number of aliphatic hydroxyl groups is 1. The molecule has 0 aliphatic carbocycles. The van der Waals surface area contributed by atoms with Crippen LogP contribution in [0.3, 0.4) is 0 Å². The van der Waals surface area contributed by atoms with Crippen molar-refractivity contribution in [2.75, 3.05) is 11.4 Å². The van der Waals surface area contributed by atoms with E-state index in [0.717, 1.165) is 5.56 Å². The number of benzene rings is 1. The Balaban J connectivity index is 2.22. The molecule has 0 saturated carbocycles. The van der Waals surface area contributed by atoms with Crippen molar-refractivity contribution < 1.29 is 5.11 Å². The van der Waals surface area contributed by atoms with Gasteiger partial charge in [-0.3, -0.25) is 0 Å². The third-order valence-corrected chi connectivity index (χ3v) is 3.88. The zero-order valence-corrected chi connectivity index (χ0v) is 10.9. The van der Waals surface area contributed by atoms with Crippen LogP contribution in [0.15, 0.2) is 18.2 Å². The molecule has 0 radical (unpaired) electrons.